The number of pyridine rings is 1. The van der Waals surface area contributed by atoms with E-state index >= 15 is 0 Å². The molecule has 0 unspecified atom stereocenters. The number of nitrogens with zero attached hydrogens (tertiary/aromatic N) is 1. The highest BCUT2D eigenvalue weighted by Gasteiger charge is 2.06. The van der Waals surface area contributed by atoms with Crippen molar-refractivity contribution in [2.24, 2.45) is 0 Å². The van der Waals surface area contributed by atoms with Crippen molar-refractivity contribution in [3.05, 3.63) is 95.7 Å². The van der Waals surface area contributed by atoms with Crippen molar-refractivity contribution in [3.8, 4) is 0 Å². The Bertz CT molecular complexity index is 819. The number of aryl methyl sites for hydroxylation is 1. The molecule has 0 atom stereocenters. The van der Waals surface area contributed by atoms with E-state index in [-0.39, 0.29) is 5.91 Å². The van der Waals surface area contributed by atoms with Crippen molar-refractivity contribution in [3.63, 3.8) is 0 Å². The average Bonchev–Trinajstić information content (AvgIpc) is 2.71. The molecule has 3 aromatic rings. The van der Waals surface area contributed by atoms with Crippen molar-refractivity contribution in [1.29, 1.82) is 0 Å². The number of carbonyl (C=O) groups excluding carboxylic acids is 1. The van der Waals surface area contributed by atoms with E-state index in [1.54, 1.807) is 18.3 Å². The number of aromatic nitrogens is 1. The fourth-order valence-corrected chi connectivity index (χ4v) is 2.70. The third-order valence-electron chi connectivity index (χ3n) is 4.11. The Balaban J connectivity index is 1.47. The maximum atomic E-state index is 12.3. The van der Waals surface area contributed by atoms with Gasteiger partial charge in [0, 0.05) is 24.8 Å². The van der Waals surface area contributed by atoms with E-state index < -0.39 is 0 Å². The summed E-state index contributed by atoms with van der Waals surface area (Å²) in [5.41, 5.74) is 3.02. The van der Waals surface area contributed by atoms with E-state index in [2.05, 4.69) is 39.9 Å². The quantitative estimate of drug-likeness (QED) is 0.606. The lowest BCUT2D eigenvalue weighted by Gasteiger charge is -2.08. The molecule has 3 rings (SSSR count). The van der Waals surface area contributed by atoms with Gasteiger partial charge in [-0.1, -0.05) is 60.7 Å². The summed E-state index contributed by atoms with van der Waals surface area (Å²) in [6, 6.07) is 23.8. The Morgan fingerprint density at radius 1 is 0.885 bits per heavy atom. The summed E-state index contributed by atoms with van der Waals surface area (Å²) in [7, 11) is 0. The minimum atomic E-state index is -0.0939. The number of carbonyl (C=O) groups is 1. The highest BCUT2D eigenvalue weighted by Crippen LogP contribution is 2.09. The molecule has 0 bridgehead atoms. The number of rotatable bonds is 8. The fourth-order valence-electron chi connectivity index (χ4n) is 2.70. The Morgan fingerprint density at radius 2 is 1.58 bits per heavy atom. The van der Waals surface area contributed by atoms with Gasteiger partial charge in [-0.05, 0) is 36.1 Å². The molecule has 4 heteroatoms. The molecule has 0 spiro atoms. The zero-order chi connectivity index (χ0) is 18.0. The van der Waals surface area contributed by atoms with Gasteiger partial charge in [0.1, 0.15) is 5.82 Å². The van der Waals surface area contributed by atoms with Gasteiger partial charge in [-0.2, -0.15) is 0 Å². The van der Waals surface area contributed by atoms with Crippen LogP contribution in [-0.2, 0) is 13.0 Å². The lowest BCUT2D eigenvalue weighted by molar-refractivity contribution is 0.0951. The molecular weight excluding hydrogens is 322 g/mol. The molecule has 0 saturated heterocycles. The van der Waals surface area contributed by atoms with Gasteiger partial charge in [-0.3, -0.25) is 4.79 Å². The second kappa shape index (κ2) is 9.37. The molecule has 26 heavy (non-hydrogen) atoms. The van der Waals surface area contributed by atoms with E-state index in [4.69, 9.17) is 0 Å². The lowest BCUT2D eigenvalue weighted by Crippen LogP contribution is -2.23. The molecular formula is C22H23N3O. The number of hydrogen-bond donors (Lipinski definition) is 2. The summed E-state index contributed by atoms with van der Waals surface area (Å²) in [5, 5.41) is 6.23. The van der Waals surface area contributed by atoms with Gasteiger partial charge in [-0.15, -0.1) is 0 Å². The predicted octanol–water partition coefficient (Wildman–Crippen LogP) is 4.06. The zero-order valence-corrected chi connectivity index (χ0v) is 14.7. The molecule has 0 fully saturated rings. The molecule has 4 nitrogen and oxygen atoms in total. The second-order valence-corrected chi connectivity index (χ2v) is 6.11. The Hall–Kier alpha value is -3.14. The average molecular weight is 345 g/mol. The predicted molar refractivity (Wildman–Crippen MR) is 105 cm³/mol. The summed E-state index contributed by atoms with van der Waals surface area (Å²) in [6.45, 7) is 1.33. The van der Waals surface area contributed by atoms with Gasteiger partial charge < -0.3 is 10.6 Å². The summed E-state index contributed by atoms with van der Waals surface area (Å²) in [6.07, 6.45) is 3.69. The van der Waals surface area contributed by atoms with Crippen molar-refractivity contribution in [1.82, 2.24) is 10.3 Å². The third kappa shape index (κ3) is 5.45. The number of anilines is 1. The molecule has 1 aromatic heterocycles. The van der Waals surface area contributed by atoms with Crippen molar-refractivity contribution >= 4 is 11.7 Å². The molecule has 1 heterocycles. The van der Waals surface area contributed by atoms with Crippen LogP contribution < -0.4 is 10.6 Å². The first-order chi connectivity index (χ1) is 12.8. The van der Waals surface area contributed by atoms with Crippen molar-refractivity contribution in [2.75, 3.05) is 11.9 Å². The highest BCUT2D eigenvalue weighted by molar-refractivity contribution is 5.94. The minimum absolute atomic E-state index is 0.0939. The largest absolute Gasteiger partial charge is 0.370 e. The standard InChI is InChI=1S/C22H23N3O/c26-22(25-17-19-10-5-2-6-11-19)20-13-15-24-21(16-20)23-14-7-12-18-8-3-1-4-9-18/h1-6,8-11,13,15-16H,7,12,14,17H2,(H,23,24)(H,25,26). The van der Waals surface area contributed by atoms with Crippen LogP contribution in [-0.4, -0.2) is 17.4 Å². The maximum Gasteiger partial charge on any atom is 0.251 e. The molecule has 1 amide bonds. The van der Waals surface area contributed by atoms with Crippen LogP contribution in [0.3, 0.4) is 0 Å². The monoisotopic (exact) mass is 345 g/mol. The number of nitrogens with one attached hydrogen (secondary N) is 2. The Morgan fingerprint density at radius 3 is 2.31 bits per heavy atom. The van der Waals surface area contributed by atoms with Gasteiger partial charge in [0.05, 0.1) is 0 Å². The SMILES string of the molecule is O=C(NCc1ccccc1)c1ccnc(NCCCc2ccccc2)c1. The lowest BCUT2D eigenvalue weighted by atomic mass is 10.1. The summed E-state index contributed by atoms with van der Waals surface area (Å²) in [4.78, 5) is 16.6. The van der Waals surface area contributed by atoms with Crippen molar-refractivity contribution < 1.29 is 4.79 Å². The summed E-state index contributed by atoms with van der Waals surface area (Å²) >= 11 is 0. The van der Waals surface area contributed by atoms with Gasteiger partial charge in [0.2, 0.25) is 0 Å². The van der Waals surface area contributed by atoms with E-state index in [0.29, 0.717) is 12.1 Å². The third-order valence-corrected chi connectivity index (χ3v) is 4.11. The van der Waals surface area contributed by atoms with Crippen molar-refractivity contribution in [2.45, 2.75) is 19.4 Å². The fraction of sp³-hybridized carbons (Fsp3) is 0.182. The van der Waals surface area contributed by atoms with Crippen LogP contribution in [0.1, 0.15) is 27.9 Å². The first-order valence-electron chi connectivity index (χ1n) is 8.87. The molecule has 2 aromatic carbocycles. The van der Waals surface area contributed by atoms with Gasteiger partial charge >= 0.3 is 0 Å². The van der Waals surface area contributed by atoms with Crippen LogP contribution in [0.5, 0.6) is 0 Å². The van der Waals surface area contributed by atoms with Crippen LogP contribution >= 0.6 is 0 Å². The van der Waals surface area contributed by atoms with Crippen LogP contribution in [0.15, 0.2) is 79.0 Å². The van der Waals surface area contributed by atoms with Gasteiger partial charge in [0.15, 0.2) is 0 Å². The van der Waals surface area contributed by atoms with Crippen LogP contribution in [0.2, 0.25) is 0 Å². The van der Waals surface area contributed by atoms with Crippen LogP contribution in [0.4, 0.5) is 5.82 Å². The Kier molecular flexibility index (Phi) is 6.37. The molecule has 0 aliphatic carbocycles. The number of hydrogen-bond acceptors (Lipinski definition) is 3. The summed E-state index contributed by atoms with van der Waals surface area (Å²) < 4.78 is 0. The van der Waals surface area contributed by atoms with E-state index in [1.165, 1.54) is 5.56 Å². The number of benzene rings is 2. The van der Waals surface area contributed by atoms with Crippen LogP contribution in [0, 0.1) is 0 Å². The first kappa shape index (κ1) is 17.7. The minimum Gasteiger partial charge on any atom is -0.370 e. The normalized spacial score (nSPS) is 10.3. The number of amides is 1. The van der Waals surface area contributed by atoms with Crippen LogP contribution in [0.25, 0.3) is 0 Å². The first-order valence-corrected chi connectivity index (χ1v) is 8.87. The smallest absolute Gasteiger partial charge is 0.251 e. The van der Waals surface area contributed by atoms with E-state index in [9.17, 15) is 4.79 Å². The maximum absolute atomic E-state index is 12.3. The molecule has 0 aliphatic heterocycles. The topological polar surface area (TPSA) is 54.0 Å². The molecule has 0 saturated carbocycles. The zero-order valence-electron chi connectivity index (χ0n) is 14.7. The molecule has 0 radical (unpaired) electrons. The molecule has 0 aliphatic rings. The molecule has 2 N–H and O–H groups in total. The summed E-state index contributed by atoms with van der Waals surface area (Å²) in [5.74, 6) is 0.633. The van der Waals surface area contributed by atoms with Gasteiger partial charge in [-0.25, -0.2) is 4.98 Å². The Labute approximate surface area is 154 Å². The van der Waals surface area contributed by atoms with E-state index in [0.717, 1.165) is 30.8 Å². The molecule has 132 valence electrons. The van der Waals surface area contributed by atoms with Gasteiger partial charge in [0.25, 0.3) is 5.91 Å². The highest BCUT2D eigenvalue weighted by atomic mass is 16.1. The second-order valence-electron chi connectivity index (χ2n) is 6.11. The van der Waals surface area contributed by atoms with E-state index in [1.807, 2.05) is 36.4 Å².